The zero-order chi connectivity index (χ0) is 17.3. The van der Waals surface area contributed by atoms with Gasteiger partial charge in [0, 0.05) is 20.2 Å². The van der Waals surface area contributed by atoms with Crippen molar-refractivity contribution in [2.45, 2.75) is 44.6 Å². The predicted molar refractivity (Wildman–Crippen MR) is 97.4 cm³/mol. The first kappa shape index (κ1) is 17.2. The van der Waals surface area contributed by atoms with Crippen LogP contribution in [-0.2, 0) is 9.47 Å². The molecule has 5 nitrogen and oxygen atoms in total. The van der Waals surface area contributed by atoms with E-state index in [9.17, 15) is 0 Å². The molecule has 3 heterocycles. The highest BCUT2D eigenvalue weighted by Crippen LogP contribution is 2.48. The summed E-state index contributed by atoms with van der Waals surface area (Å²) in [5, 5.41) is 3.49. The van der Waals surface area contributed by atoms with E-state index in [0.717, 1.165) is 37.2 Å². The van der Waals surface area contributed by atoms with Gasteiger partial charge in [0.2, 0.25) is 0 Å². The fraction of sp³-hybridized carbons (Fsp3) is 0.600. The summed E-state index contributed by atoms with van der Waals surface area (Å²) in [7, 11) is 1.80. The Morgan fingerprint density at radius 2 is 1.96 bits per heavy atom. The lowest BCUT2D eigenvalue weighted by molar-refractivity contribution is -0.937. The monoisotopic (exact) mass is 344 g/mol. The summed E-state index contributed by atoms with van der Waals surface area (Å²) in [6.07, 6.45) is 3.60. The van der Waals surface area contributed by atoms with Gasteiger partial charge in [-0.1, -0.05) is 50.1 Å². The second kappa shape index (κ2) is 7.17. The van der Waals surface area contributed by atoms with E-state index < -0.39 is 0 Å². The summed E-state index contributed by atoms with van der Waals surface area (Å²) < 4.78 is 13.4. The Kier molecular flexibility index (Phi) is 4.93. The average molecular weight is 344 g/mol. The van der Waals surface area contributed by atoms with Gasteiger partial charge in [-0.25, -0.2) is 4.59 Å². The van der Waals surface area contributed by atoms with Gasteiger partial charge in [-0.15, -0.1) is 5.43 Å². The molecular formula is C20H30N3O2+. The molecule has 3 atom stereocenters. The quantitative estimate of drug-likeness (QED) is 0.806. The van der Waals surface area contributed by atoms with Gasteiger partial charge in [0.15, 0.2) is 11.9 Å². The van der Waals surface area contributed by atoms with Crippen LogP contribution in [0.25, 0.3) is 0 Å². The molecule has 0 bridgehead atoms. The summed E-state index contributed by atoms with van der Waals surface area (Å²) in [5.41, 5.74) is 7.77. The fourth-order valence-electron chi connectivity index (χ4n) is 4.59. The predicted octanol–water partition coefficient (Wildman–Crippen LogP) is 2.48. The second-order valence-corrected chi connectivity index (χ2v) is 7.31. The molecule has 0 amide bonds. The first-order valence-corrected chi connectivity index (χ1v) is 9.62. The van der Waals surface area contributed by atoms with Crippen molar-refractivity contribution in [1.82, 2.24) is 10.7 Å². The standard InChI is InChI=1S/C20H30N3O2/c1-3-4-10-16-18-17(19(25-16)15-8-6-5-7-9-15)20(24-2)22-23(18)13-11-21-12-14-23/h5-9,16,19-22H,3-4,10-14H2,1-2H3/q+1. The minimum atomic E-state index is -0.0649. The lowest BCUT2D eigenvalue weighted by Gasteiger charge is -2.40. The van der Waals surface area contributed by atoms with Gasteiger partial charge < -0.3 is 14.8 Å². The van der Waals surface area contributed by atoms with Crippen LogP contribution in [0.5, 0.6) is 0 Å². The SMILES string of the molecule is CCCCC1OC(c2ccccc2)C2=C1[N+]1(CCNCC1)NC2OC. The van der Waals surface area contributed by atoms with Crippen molar-refractivity contribution in [3.8, 4) is 0 Å². The van der Waals surface area contributed by atoms with Crippen molar-refractivity contribution in [3.05, 3.63) is 47.2 Å². The zero-order valence-corrected chi connectivity index (χ0v) is 15.3. The molecule has 136 valence electrons. The summed E-state index contributed by atoms with van der Waals surface area (Å²) in [6.45, 7) is 6.39. The smallest absolute Gasteiger partial charge is 0.183 e. The van der Waals surface area contributed by atoms with E-state index in [1.165, 1.54) is 29.7 Å². The summed E-state index contributed by atoms with van der Waals surface area (Å²) in [6, 6.07) is 10.6. The Labute approximate surface area is 150 Å². The van der Waals surface area contributed by atoms with Gasteiger partial charge in [0.1, 0.15) is 25.3 Å². The maximum absolute atomic E-state index is 6.65. The van der Waals surface area contributed by atoms with Crippen LogP contribution in [0.3, 0.4) is 0 Å². The molecule has 1 fully saturated rings. The number of piperazine rings is 1. The lowest BCUT2D eigenvalue weighted by Crippen LogP contribution is -2.65. The number of rotatable bonds is 5. The molecule has 3 aliphatic rings. The minimum Gasteiger partial charge on any atom is -0.357 e. The molecule has 1 aromatic rings. The van der Waals surface area contributed by atoms with Crippen molar-refractivity contribution in [2.24, 2.45) is 0 Å². The molecule has 1 saturated heterocycles. The maximum atomic E-state index is 6.65. The molecule has 1 spiro atoms. The molecule has 2 N–H and O–H groups in total. The van der Waals surface area contributed by atoms with Crippen molar-refractivity contribution in [1.29, 1.82) is 0 Å². The third kappa shape index (κ3) is 2.94. The van der Waals surface area contributed by atoms with Crippen LogP contribution in [0.1, 0.15) is 37.9 Å². The molecule has 25 heavy (non-hydrogen) atoms. The van der Waals surface area contributed by atoms with Crippen LogP contribution in [0.15, 0.2) is 41.6 Å². The minimum absolute atomic E-state index is 0.00268. The van der Waals surface area contributed by atoms with E-state index in [1.54, 1.807) is 7.11 Å². The number of unbranched alkanes of at least 4 members (excludes halogenated alkanes) is 1. The largest absolute Gasteiger partial charge is 0.357 e. The van der Waals surface area contributed by atoms with Crippen LogP contribution in [0.4, 0.5) is 0 Å². The average Bonchev–Trinajstić information content (AvgIpc) is 3.19. The topological polar surface area (TPSA) is 42.5 Å². The van der Waals surface area contributed by atoms with Crippen LogP contribution in [0.2, 0.25) is 0 Å². The van der Waals surface area contributed by atoms with Gasteiger partial charge in [-0.3, -0.25) is 0 Å². The molecule has 3 aliphatic heterocycles. The first-order valence-electron chi connectivity index (χ1n) is 9.62. The number of hydrogen-bond acceptors (Lipinski definition) is 4. The van der Waals surface area contributed by atoms with Crippen LogP contribution < -0.4 is 10.7 Å². The van der Waals surface area contributed by atoms with E-state index >= 15 is 0 Å². The molecule has 0 saturated carbocycles. The molecule has 0 radical (unpaired) electrons. The Morgan fingerprint density at radius 3 is 2.64 bits per heavy atom. The Bertz CT molecular complexity index is 625. The van der Waals surface area contributed by atoms with Crippen LogP contribution >= 0.6 is 0 Å². The first-order chi connectivity index (χ1) is 12.3. The van der Waals surface area contributed by atoms with Crippen LogP contribution in [0, 0.1) is 0 Å². The van der Waals surface area contributed by atoms with Crippen molar-refractivity contribution < 1.29 is 14.1 Å². The molecule has 0 aromatic heterocycles. The normalized spacial score (nSPS) is 30.9. The van der Waals surface area contributed by atoms with E-state index in [1.807, 2.05) is 0 Å². The van der Waals surface area contributed by atoms with Gasteiger partial charge in [0.25, 0.3) is 0 Å². The number of ether oxygens (including phenoxy) is 2. The lowest BCUT2D eigenvalue weighted by atomic mass is 9.99. The summed E-state index contributed by atoms with van der Waals surface area (Å²) >= 11 is 0. The Morgan fingerprint density at radius 1 is 1.20 bits per heavy atom. The summed E-state index contributed by atoms with van der Waals surface area (Å²) in [4.78, 5) is 0. The Hall–Kier alpha value is -1.24. The van der Waals surface area contributed by atoms with E-state index in [2.05, 4.69) is 48.0 Å². The number of fused-ring (bicyclic) bond motifs is 1. The van der Waals surface area contributed by atoms with Crippen LogP contribution in [-0.4, -0.2) is 50.2 Å². The van der Waals surface area contributed by atoms with Gasteiger partial charge in [0.05, 0.1) is 5.57 Å². The van der Waals surface area contributed by atoms with E-state index in [-0.39, 0.29) is 18.4 Å². The molecule has 0 aliphatic carbocycles. The van der Waals surface area contributed by atoms with E-state index in [4.69, 9.17) is 9.47 Å². The highest BCUT2D eigenvalue weighted by Gasteiger charge is 2.57. The number of nitrogens with zero attached hydrogens (tertiary/aromatic N) is 1. The molecule has 4 rings (SSSR count). The maximum Gasteiger partial charge on any atom is 0.183 e. The third-order valence-corrected chi connectivity index (χ3v) is 5.79. The second-order valence-electron chi connectivity index (χ2n) is 7.31. The van der Waals surface area contributed by atoms with Gasteiger partial charge >= 0.3 is 0 Å². The fourth-order valence-corrected chi connectivity index (χ4v) is 4.59. The number of benzene rings is 1. The highest BCUT2D eigenvalue weighted by molar-refractivity contribution is 5.36. The van der Waals surface area contributed by atoms with Gasteiger partial charge in [-0.05, 0) is 12.0 Å². The number of hydrogen-bond donors (Lipinski definition) is 2. The van der Waals surface area contributed by atoms with Crippen molar-refractivity contribution >= 4 is 0 Å². The van der Waals surface area contributed by atoms with Crippen molar-refractivity contribution in [2.75, 3.05) is 33.3 Å². The zero-order valence-electron chi connectivity index (χ0n) is 15.3. The molecule has 1 aromatic carbocycles. The summed E-state index contributed by atoms with van der Waals surface area (Å²) in [5.74, 6) is 0. The number of quaternary nitrogens is 1. The Balaban J connectivity index is 1.75. The molecule has 5 heteroatoms. The third-order valence-electron chi connectivity index (χ3n) is 5.79. The molecular weight excluding hydrogens is 314 g/mol. The van der Waals surface area contributed by atoms with Crippen molar-refractivity contribution in [3.63, 3.8) is 0 Å². The number of methoxy groups -OCH3 is 1. The number of nitrogens with one attached hydrogen (secondary N) is 2. The molecule has 3 unspecified atom stereocenters. The van der Waals surface area contributed by atoms with E-state index in [0.29, 0.717) is 0 Å². The highest BCUT2D eigenvalue weighted by atomic mass is 16.5. The van der Waals surface area contributed by atoms with Gasteiger partial charge in [-0.2, -0.15) is 0 Å².